The molecule has 1 aromatic rings. The minimum atomic E-state index is -0.536. The molecule has 0 unspecified atom stereocenters. The Kier molecular flexibility index (Phi) is 5.26. The van der Waals surface area contributed by atoms with Gasteiger partial charge in [0.1, 0.15) is 5.56 Å². The zero-order valence-corrected chi connectivity index (χ0v) is 10.5. The van der Waals surface area contributed by atoms with Crippen molar-refractivity contribution >= 4 is 11.6 Å². The molecule has 98 valence electrons. The minimum Gasteiger partial charge on any atom is -0.351 e. The van der Waals surface area contributed by atoms with Crippen LogP contribution in [0.1, 0.15) is 22.8 Å². The van der Waals surface area contributed by atoms with Crippen molar-refractivity contribution in [2.45, 2.75) is 13.8 Å². The van der Waals surface area contributed by atoms with Gasteiger partial charge in [-0.2, -0.15) is 0 Å². The number of aryl methyl sites for hydroxylation is 1. The minimum absolute atomic E-state index is 0.138. The van der Waals surface area contributed by atoms with Crippen LogP contribution in [0.2, 0.25) is 0 Å². The van der Waals surface area contributed by atoms with Crippen molar-refractivity contribution in [3.63, 3.8) is 0 Å². The summed E-state index contributed by atoms with van der Waals surface area (Å²) in [6, 6.07) is 4.60. The summed E-state index contributed by atoms with van der Waals surface area (Å²) in [7, 11) is 0. The summed E-state index contributed by atoms with van der Waals surface area (Å²) in [5.74, 6) is -0.405. The lowest BCUT2D eigenvalue weighted by molar-refractivity contribution is -0.385. The fourth-order valence-corrected chi connectivity index (χ4v) is 1.63. The van der Waals surface area contributed by atoms with Crippen LogP contribution in [-0.4, -0.2) is 30.5 Å². The molecule has 6 nitrogen and oxygen atoms in total. The molecule has 1 amide bonds. The van der Waals surface area contributed by atoms with Gasteiger partial charge >= 0.3 is 0 Å². The van der Waals surface area contributed by atoms with Gasteiger partial charge in [0.15, 0.2) is 0 Å². The van der Waals surface area contributed by atoms with E-state index in [1.165, 1.54) is 6.07 Å². The molecule has 0 saturated carbocycles. The van der Waals surface area contributed by atoms with Crippen molar-refractivity contribution in [1.82, 2.24) is 10.6 Å². The van der Waals surface area contributed by atoms with Gasteiger partial charge in [-0.1, -0.05) is 19.1 Å². The van der Waals surface area contributed by atoms with Gasteiger partial charge in [0.2, 0.25) is 0 Å². The Morgan fingerprint density at radius 2 is 2.11 bits per heavy atom. The number of amides is 1. The molecule has 0 aliphatic heterocycles. The van der Waals surface area contributed by atoms with Crippen LogP contribution in [-0.2, 0) is 0 Å². The highest BCUT2D eigenvalue weighted by Crippen LogP contribution is 2.21. The van der Waals surface area contributed by atoms with E-state index in [2.05, 4.69) is 10.6 Å². The predicted molar refractivity (Wildman–Crippen MR) is 68.7 cm³/mol. The second-order valence-electron chi connectivity index (χ2n) is 3.84. The van der Waals surface area contributed by atoms with Crippen LogP contribution >= 0.6 is 0 Å². The Hall–Kier alpha value is -1.95. The summed E-state index contributed by atoms with van der Waals surface area (Å²) in [6.07, 6.45) is 0. The molecule has 1 rings (SSSR count). The quantitative estimate of drug-likeness (QED) is 0.452. The lowest BCUT2D eigenvalue weighted by Crippen LogP contribution is -2.32. The molecular weight excluding hydrogens is 234 g/mol. The van der Waals surface area contributed by atoms with Crippen LogP contribution in [0.3, 0.4) is 0 Å². The van der Waals surface area contributed by atoms with Crippen LogP contribution in [0.15, 0.2) is 18.2 Å². The van der Waals surface area contributed by atoms with E-state index in [4.69, 9.17) is 0 Å². The molecule has 0 bridgehead atoms. The Morgan fingerprint density at radius 1 is 1.39 bits per heavy atom. The maximum atomic E-state index is 11.9. The molecule has 0 saturated heterocycles. The Morgan fingerprint density at radius 3 is 2.72 bits per heavy atom. The number of hydrogen-bond acceptors (Lipinski definition) is 4. The van der Waals surface area contributed by atoms with Crippen LogP contribution in [0.25, 0.3) is 0 Å². The highest BCUT2D eigenvalue weighted by atomic mass is 16.6. The smallest absolute Gasteiger partial charge is 0.282 e. The van der Waals surface area contributed by atoms with Crippen LogP contribution in [0.4, 0.5) is 5.69 Å². The number of nitrogens with zero attached hydrogens (tertiary/aromatic N) is 1. The van der Waals surface area contributed by atoms with E-state index in [0.29, 0.717) is 18.7 Å². The van der Waals surface area contributed by atoms with Crippen molar-refractivity contribution in [3.8, 4) is 0 Å². The number of carbonyl (C=O) groups is 1. The van der Waals surface area contributed by atoms with E-state index < -0.39 is 10.8 Å². The Bertz CT molecular complexity index is 446. The summed E-state index contributed by atoms with van der Waals surface area (Å²) in [5, 5.41) is 16.6. The fraction of sp³-hybridized carbons (Fsp3) is 0.417. The third-order valence-electron chi connectivity index (χ3n) is 2.51. The van der Waals surface area contributed by atoms with Gasteiger partial charge in [-0.25, -0.2) is 0 Å². The molecule has 6 heteroatoms. The van der Waals surface area contributed by atoms with Gasteiger partial charge < -0.3 is 10.6 Å². The largest absolute Gasteiger partial charge is 0.351 e. The summed E-state index contributed by atoms with van der Waals surface area (Å²) in [4.78, 5) is 22.2. The number of hydrogen-bond donors (Lipinski definition) is 2. The molecule has 0 spiro atoms. The molecule has 0 fully saturated rings. The molecule has 18 heavy (non-hydrogen) atoms. The summed E-state index contributed by atoms with van der Waals surface area (Å²) >= 11 is 0. The lowest BCUT2D eigenvalue weighted by Gasteiger charge is -2.08. The first-order valence-corrected chi connectivity index (χ1v) is 5.80. The average molecular weight is 251 g/mol. The highest BCUT2D eigenvalue weighted by molar-refractivity contribution is 5.99. The molecule has 1 aromatic carbocycles. The maximum absolute atomic E-state index is 11.9. The average Bonchev–Trinajstić information content (AvgIpc) is 2.34. The number of nitro groups is 1. The van der Waals surface area contributed by atoms with Gasteiger partial charge in [0.05, 0.1) is 4.92 Å². The molecule has 0 aromatic heterocycles. The number of carbonyl (C=O) groups excluding carboxylic acids is 1. The normalized spacial score (nSPS) is 10.1. The van der Waals surface area contributed by atoms with Gasteiger partial charge in [-0.15, -0.1) is 0 Å². The zero-order valence-electron chi connectivity index (χ0n) is 10.5. The monoisotopic (exact) mass is 251 g/mol. The number of benzene rings is 1. The maximum Gasteiger partial charge on any atom is 0.282 e. The Labute approximate surface area is 106 Å². The van der Waals surface area contributed by atoms with E-state index >= 15 is 0 Å². The second-order valence-corrected chi connectivity index (χ2v) is 3.84. The molecule has 0 atom stereocenters. The van der Waals surface area contributed by atoms with E-state index in [-0.39, 0.29) is 11.3 Å². The molecule has 0 radical (unpaired) electrons. The first-order chi connectivity index (χ1) is 8.57. The number of nitro benzene ring substituents is 1. The third kappa shape index (κ3) is 3.53. The van der Waals surface area contributed by atoms with Crippen LogP contribution < -0.4 is 10.6 Å². The molecule has 0 aliphatic rings. The van der Waals surface area contributed by atoms with E-state index in [9.17, 15) is 14.9 Å². The van der Waals surface area contributed by atoms with Crippen molar-refractivity contribution in [3.05, 3.63) is 39.4 Å². The van der Waals surface area contributed by atoms with Crippen molar-refractivity contribution < 1.29 is 9.72 Å². The number of likely N-dealkylation sites (N-methyl/N-ethyl adjacent to an activating group) is 1. The molecule has 0 heterocycles. The number of rotatable bonds is 6. The van der Waals surface area contributed by atoms with Gasteiger partial charge in [0, 0.05) is 19.2 Å². The van der Waals surface area contributed by atoms with E-state index in [1.807, 2.05) is 6.92 Å². The lowest BCUT2D eigenvalue weighted by atomic mass is 10.1. The van der Waals surface area contributed by atoms with Crippen molar-refractivity contribution in [2.24, 2.45) is 0 Å². The van der Waals surface area contributed by atoms with E-state index in [0.717, 1.165) is 6.54 Å². The van der Waals surface area contributed by atoms with Crippen LogP contribution in [0, 0.1) is 17.0 Å². The number of nitrogens with one attached hydrogen (secondary N) is 2. The van der Waals surface area contributed by atoms with Crippen LogP contribution in [0.5, 0.6) is 0 Å². The molecule has 0 aliphatic carbocycles. The second kappa shape index (κ2) is 6.70. The van der Waals surface area contributed by atoms with Gasteiger partial charge in [-0.3, -0.25) is 14.9 Å². The van der Waals surface area contributed by atoms with E-state index in [1.54, 1.807) is 19.1 Å². The van der Waals surface area contributed by atoms with Crippen molar-refractivity contribution in [1.29, 1.82) is 0 Å². The first kappa shape index (κ1) is 14.1. The van der Waals surface area contributed by atoms with Crippen molar-refractivity contribution in [2.75, 3.05) is 19.6 Å². The summed E-state index contributed by atoms with van der Waals surface area (Å²) in [5.41, 5.74) is 0.583. The summed E-state index contributed by atoms with van der Waals surface area (Å²) in [6.45, 7) is 5.56. The Balaban J connectivity index is 2.81. The fourth-order valence-electron chi connectivity index (χ4n) is 1.63. The standard InChI is InChI=1S/C12H17N3O3/c1-3-13-7-8-14-12(16)11-9(2)5-4-6-10(11)15(17)18/h4-6,13H,3,7-8H2,1-2H3,(H,14,16). The van der Waals surface area contributed by atoms with Gasteiger partial charge in [-0.05, 0) is 19.0 Å². The van der Waals surface area contributed by atoms with Gasteiger partial charge in [0.25, 0.3) is 11.6 Å². The predicted octanol–water partition coefficient (Wildman–Crippen LogP) is 1.24. The first-order valence-electron chi connectivity index (χ1n) is 5.80. The molecule has 2 N–H and O–H groups in total. The third-order valence-corrected chi connectivity index (χ3v) is 2.51. The summed E-state index contributed by atoms with van der Waals surface area (Å²) < 4.78 is 0. The molecular formula is C12H17N3O3. The highest BCUT2D eigenvalue weighted by Gasteiger charge is 2.21. The SMILES string of the molecule is CCNCCNC(=O)c1c(C)cccc1[N+](=O)[O-]. The zero-order chi connectivity index (χ0) is 13.5. The topological polar surface area (TPSA) is 84.3 Å².